The van der Waals surface area contributed by atoms with Gasteiger partial charge < -0.3 is 11.1 Å². The lowest BCUT2D eigenvalue weighted by atomic mass is 10.0. The first-order valence-electron chi connectivity index (χ1n) is 5.76. The van der Waals surface area contributed by atoms with Crippen LogP contribution in [-0.2, 0) is 9.59 Å². The van der Waals surface area contributed by atoms with E-state index in [2.05, 4.69) is 5.32 Å². The van der Waals surface area contributed by atoms with Gasteiger partial charge in [0.15, 0.2) is 0 Å². The summed E-state index contributed by atoms with van der Waals surface area (Å²) in [6, 6.07) is 9.05. The van der Waals surface area contributed by atoms with Crippen LogP contribution in [0.4, 0.5) is 0 Å². The highest BCUT2D eigenvalue weighted by Gasteiger charge is 2.16. The Labute approximate surface area is 101 Å². The monoisotopic (exact) mass is 234 g/mol. The molecule has 0 bridgehead atoms. The molecule has 0 saturated heterocycles. The molecule has 0 aliphatic heterocycles. The van der Waals surface area contributed by atoms with E-state index in [-0.39, 0.29) is 18.4 Å². The number of benzene rings is 1. The van der Waals surface area contributed by atoms with Crippen LogP contribution in [0, 0.1) is 0 Å². The Bertz CT molecular complexity index is 376. The molecular weight excluding hydrogens is 216 g/mol. The predicted octanol–water partition coefficient (Wildman–Crippen LogP) is 1.52. The van der Waals surface area contributed by atoms with Crippen LogP contribution in [-0.4, -0.2) is 11.8 Å². The molecule has 1 aromatic rings. The fraction of sp³-hybridized carbons (Fsp3) is 0.385. The van der Waals surface area contributed by atoms with Gasteiger partial charge in [-0.1, -0.05) is 37.3 Å². The molecule has 0 radical (unpaired) electrons. The van der Waals surface area contributed by atoms with Crippen molar-refractivity contribution in [3.63, 3.8) is 0 Å². The summed E-state index contributed by atoms with van der Waals surface area (Å²) in [4.78, 5) is 22.5. The third-order valence-corrected chi connectivity index (χ3v) is 2.42. The lowest BCUT2D eigenvalue weighted by molar-refractivity contribution is -0.122. The molecule has 0 unspecified atom stereocenters. The number of hydrogen-bond donors (Lipinski definition) is 2. The number of rotatable bonds is 6. The zero-order valence-electron chi connectivity index (χ0n) is 9.98. The smallest absolute Gasteiger partial charge is 0.220 e. The summed E-state index contributed by atoms with van der Waals surface area (Å²) in [5.41, 5.74) is 6.09. The number of nitrogens with two attached hydrogens (primary N) is 1. The lowest BCUT2D eigenvalue weighted by Gasteiger charge is -2.17. The zero-order valence-corrected chi connectivity index (χ0v) is 9.98. The molecule has 0 aromatic heterocycles. The van der Waals surface area contributed by atoms with Crippen molar-refractivity contribution in [3.8, 4) is 0 Å². The highest BCUT2D eigenvalue weighted by atomic mass is 16.2. The van der Waals surface area contributed by atoms with Gasteiger partial charge in [0.05, 0.1) is 12.5 Å². The van der Waals surface area contributed by atoms with Crippen LogP contribution in [0.1, 0.15) is 37.8 Å². The summed E-state index contributed by atoms with van der Waals surface area (Å²) in [7, 11) is 0. The average molecular weight is 234 g/mol. The summed E-state index contributed by atoms with van der Waals surface area (Å²) in [6.45, 7) is 1.94. The van der Waals surface area contributed by atoms with E-state index in [9.17, 15) is 9.59 Å². The molecule has 0 aliphatic carbocycles. The molecule has 4 nitrogen and oxygen atoms in total. The van der Waals surface area contributed by atoms with Crippen LogP contribution in [0.15, 0.2) is 30.3 Å². The van der Waals surface area contributed by atoms with Crippen molar-refractivity contribution < 1.29 is 9.59 Å². The maximum atomic E-state index is 11.5. The second kappa shape index (κ2) is 6.68. The van der Waals surface area contributed by atoms with Crippen LogP contribution in [0.3, 0.4) is 0 Å². The Balaban J connectivity index is 2.74. The molecule has 1 rings (SSSR count). The number of carbonyl (C=O) groups is 2. The van der Waals surface area contributed by atoms with E-state index in [1.807, 2.05) is 37.3 Å². The molecule has 0 spiro atoms. The van der Waals surface area contributed by atoms with Crippen molar-refractivity contribution in [2.45, 2.75) is 32.2 Å². The molecule has 4 heteroatoms. The van der Waals surface area contributed by atoms with Gasteiger partial charge in [-0.05, 0) is 12.0 Å². The maximum Gasteiger partial charge on any atom is 0.220 e. The predicted molar refractivity (Wildman–Crippen MR) is 66.0 cm³/mol. The number of carbonyl (C=O) groups excluding carboxylic acids is 2. The Morgan fingerprint density at radius 1 is 1.29 bits per heavy atom. The van der Waals surface area contributed by atoms with Crippen molar-refractivity contribution in [2.75, 3.05) is 0 Å². The number of primary amides is 1. The third-order valence-electron chi connectivity index (χ3n) is 2.42. The van der Waals surface area contributed by atoms with Gasteiger partial charge in [-0.15, -0.1) is 0 Å². The highest BCUT2D eigenvalue weighted by Crippen LogP contribution is 2.16. The summed E-state index contributed by atoms with van der Waals surface area (Å²) in [5.74, 6) is -0.474. The molecule has 0 saturated carbocycles. The van der Waals surface area contributed by atoms with Crippen molar-refractivity contribution in [2.24, 2.45) is 5.73 Å². The Morgan fingerprint density at radius 2 is 1.94 bits per heavy atom. The minimum Gasteiger partial charge on any atom is -0.370 e. The molecule has 1 aromatic carbocycles. The van der Waals surface area contributed by atoms with Gasteiger partial charge in [0.2, 0.25) is 11.8 Å². The fourth-order valence-corrected chi connectivity index (χ4v) is 1.63. The van der Waals surface area contributed by atoms with Crippen molar-refractivity contribution >= 4 is 11.8 Å². The number of amides is 2. The standard InChI is InChI=1S/C13H18N2O2/c1-2-6-13(17)15-11(9-12(14)16)10-7-4-3-5-8-10/h3-5,7-8,11H,2,6,9H2,1H3,(H2,14,16)(H,15,17)/t11-/m1/s1. The van der Waals surface area contributed by atoms with Crippen molar-refractivity contribution in [3.05, 3.63) is 35.9 Å². The van der Waals surface area contributed by atoms with Crippen LogP contribution < -0.4 is 11.1 Å². The Hall–Kier alpha value is -1.84. The molecule has 0 aliphatic rings. The zero-order chi connectivity index (χ0) is 12.7. The molecule has 92 valence electrons. The van der Waals surface area contributed by atoms with Crippen molar-refractivity contribution in [1.82, 2.24) is 5.32 Å². The molecule has 0 fully saturated rings. The highest BCUT2D eigenvalue weighted by molar-refractivity contribution is 5.79. The minimum atomic E-state index is -0.421. The quantitative estimate of drug-likeness (QED) is 0.783. The van der Waals surface area contributed by atoms with Gasteiger partial charge >= 0.3 is 0 Å². The first kappa shape index (κ1) is 13.2. The third kappa shape index (κ3) is 4.68. The summed E-state index contributed by atoms with van der Waals surface area (Å²) in [6.07, 6.45) is 1.37. The SMILES string of the molecule is CCCC(=O)N[C@H](CC(N)=O)c1ccccc1. The van der Waals surface area contributed by atoms with Gasteiger partial charge in [-0.25, -0.2) is 0 Å². The topological polar surface area (TPSA) is 72.2 Å². The average Bonchev–Trinajstić information content (AvgIpc) is 2.29. The van der Waals surface area contributed by atoms with Crippen molar-refractivity contribution in [1.29, 1.82) is 0 Å². The maximum absolute atomic E-state index is 11.5. The van der Waals surface area contributed by atoms with Crippen LogP contribution in [0.2, 0.25) is 0 Å². The normalized spacial score (nSPS) is 11.8. The van der Waals surface area contributed by atoms with Crippen LogP contribution in [0.25, 0.3) is 0 Å². The van der Waals surface area contributed by atoms with Crippen LogP contribution >= 0.6 is 0 Å². The molecule has 17 heavy (non-hydrogen) atoms. The number of nitrogens with one attached hydrogen (secondary N) is 1. The van der Waals surface area contributed by atoms with Gasteiger partial charge in [-0.3, -0.25) is 9.59 Å². The van der Waals surface area contributed by atoms with Crippen LogP contribution in [0.5, 0.6) is 0 Å². The first-order valence-corrected chi connectivity index (χ1v) is 5.76. The van der Waals surface area contributed by atoms with Gasteiger partial charge in [-0.2, -0.15) is 0 Å². The summed E-state index contributed by atoms with van der Waals surface area (Å²) in [5, 5.41) is 2.83. The largest absolute Gasteiger partial charge is 0.370 e. The van der Waals surface area contributed by atoms with Gasteiger partial charge in [0, 0.05) is 6.42 Å². The second-order valence-electron chi connectivity index (χ2n) is 3.95. The fourth-order valence-electron chi connectivity index (χ4n) is 1.63. The van der Waals surface area contributed by atoms with E-state index in [1.54, 1.807) is 0 Å². The second-order valence-corrected chi connectivity index (χ2v) is 3.95. The van der Waals surface area contributed by atoms with E-state index in [0.29, 0.717) is 6.42 Å². The molecule has 3 N–H and O–H groups in total. The molecule has 2 amide bonds. The van der Waals surface area contributed by atoms with E-state index >= 15 is 0 Å². The Morgan fingerprint density at radius 3 is 2.47 bits per heavy atom. The van der Waals surface area contributed by atoms with E-state index in [0.717, 1.165) is 12.0 Å². The van der Waals surface area contributed by atoms with E-state index in [4.69, 9.17) is 5.73 Å². The Kier molecular flexibility index (Phi) is 5.20. The first-order chi connectivity index (χ1) is 8.13. The van der Waals surface area contributed by atoms with E-state index in [1.165, 1.54) is 0 Å². The van der Waals surface area contributed by atoms with Gasteiger partial charge in [0.1, 0.15) is 0 Å². The molecule has 1 atom stereocenters. The number of hydrogen-bond acceptors (Lipinski definition) is 2. The lowest BCUT2D eigenvalue weighted by Crippen LogP contribution is -2.31. The molecule has 0 heterocycles. The minimum absolute atomic E-state index is 0.0531. The van der Waals surface area contributed by atoms with Gasteiger partial charge in [0.25, 0.3) is 0 Å². The summed E-state index contributed by atoms with van der Waals surface area (Å²) >= 11 is 0. The summed E-state index contributed by atoms with van der Waals surface area (Å²) < 4.78 is 0. The molecular formula is C13H18N2O2. The van der Waals surface area contributed by atoms with E-state index < -0.39 is 5.91 Å².